The average Bonchev–Trinajstić information content (AvgIpc) is 3.13. The highest BCUT2D eigenvalue weighted by molar-refractivity contribution is 6.34. The zero-order valence-electron chi connectivity index (χ0n) is 25.2. The van der Waals surface area contributed by atoms with Crippen LogP contribution in [-0.4, -0.2) is 0 Å². The first-order chi connectivity index (χ1) is 22.9. The molecule has 0 saturated carbocycles. The highest BCUT2D eigenvalue weighted by Crippen LogP contribution is 2.49. The van der Waals surface area contributed by atoms with E-state index in [1.165, 1.54) is 97.7 Å². The summed E-state index contributed by atoms with van der Waals surface area (Å²) in [5.74, 6) is 0. The maximum absolute atomic E-state index is 2.48. The largest absolute Gasteiger partial charge is 0.0616 e. The van der Waals surface area contributed by atoms with Crippen molar-refractivity contribution in [2.45, 2.75) is 0 Å². The molecule has 0 bridgehead atoms. The molecule has 0 aliphatic heterocycles. The molecule has 0 heteroatoms. The maximum atomic E-state index is 2.48. The minimum atomic E-state index is 1.26. The molecule has 46 heavy (non-hydrogen) atoms. The zero-order chi connectivity index (χ0) is 30.2. The van der Waals surface area contributed by atoms with Gasteiger partial charge in [0.05, 0.1) is 0 Å². The fourth-order valence-corrected chi connectivity index (χ4v) is 8.13. The Morgan fingerprint density at radius 3 is 1.17 bits per heavy atom. The van der Waals surface area contributed by atoms with Gasteiger partial charge >= 0.3 is 0 Å². The van der Waals surface area contributed by atoms with Crippen LogP contribution in [-0.2, 0) is 0 Å². The topological polar surface area (TPSA) is 0 Å². The number of benzene rings is 10. The van der Waals surface area contributed by atoms with Crippen LogP contribution in [0.3, 0.4) is 0 Å². The maximum Gasteiger partial charge on any atom is -0.00199 e. The van der Waals surface area contributed by atoms with Gasteiger partial charge in [0.25, 0.3) is 0 Å². The Kier molecular flexibility index (Phi) is 5.38. The van der Waals surface area contributed by atoms with Crippen LogP contribution in [0.25, 0.3) is 97.7 Å². The molecule has 0 aliphatic rings. The minimum Gasteiger partial charge on any atom is -0.0616 e. The van der Waals surface area contributed by atoms with Crippen molar-refractivity contribution in [3.05, 3.63) is 170 Å². The third-order valence-electron chi connectivity index (χ3n) is 10.0. The lowest BCUT2D eigenvalue weighted by Gasteiger charge is -2.21. The van der Waals surface area contributed by atoms with Crippen molar-refractivity contribution >= 4 is 75.4 Å². The van der Waals surface area contributed by atoms with Crippen molar-refractivity contribution in [2.24, 2.45) is 0 Å². The van der Waals surface area contributed by atoms with Gasteiger partial charge in [-0.3, -0.25) is 0 Å². The highest BCUT2D eigenvalue weighted by atomic mass is 14.2. The average molecular weight is 581 g/mol. The van der Waals surface area contributed by atoms with Gasteiger partial charge in [-0.05, 0) is 104 Å². The molecular formula is C46H28. The van der Waals surface area contributed by atoms with Crippen molar-refractivity contribution in [3.63, 3.8) is 0 Å². The van der Waals surface area contributed by atoms with Crippen molar-refractivity contribution < 1.29 is 0 Å². The van der Waals surface area contributed by atoms with Crippen molar-refractivity contribution in [1.29, 1.82) is 0 Å². The quantitative estimate of drug-likeness (QED) is 0.141. The zero-order valence-corrected chi connectivity index (χ0v) is 25.2. The van der Waals surface area contributed by atoms with E-state index in [-0.39, 0.29) is 0 Å². The smallest absolute Gasteiger partial charge is 0.00199 e. The molecule has 0 N–H and O–H groups in total. The fourth-order valence-electron chi connectivity index (χ4n) is 8.13. The normalized spacial score (nSPS) is 11.9. The fraction of sp³-hybridized carbons (Fsp3) is 0. The second-order valence-corrected chi connectivity index (χ2v) is 12.4. The van der Waals surface area contributed by atoms with Crippen LogP contribution in [0.4, 0.5) is 0 Å². The molecule has 0 aromatic heterocycles. The summed E-state index contributed by atoms with van der Waals surface area (Å²) >= 11 is 0. The molecule has 0 heterocycles. The number of hydrogen-bond donors (Lipinski definition) is 0. The monoisotopic (exact) mass is 580 g/mol. The molecule has 10 rings (SSSR count). The molecule has 0 spiro atoms. The lowest BCUT2D eigenvalue weighted by molar-refractivity contribution is 1.69. The van der Waals surface area contributed by atoms with E-state index in [0.29, 0.717) is 0 Å². The van der Waals surface area contributed by atoms with E-state index >= 15 is 0 Å². The van der Waals surface area contributed by atoms with Crippen molar-refractivity contribution in [2.75, 3.05) is 0 Å². The molecule has 0 saturated heterocycles. The Morgan fingerprint density at radius 1 is 0.217 bits per heavy atom. The van der Waals surface area contributed by atoms with Gasteiger partial charge in [-0.15, -0.1) is 0 Å². The van der Waals surface area contributed by atoms with Gasteiger partial charge in [-0.1, -0.05) is 164 Å². The third-order valence-corrected chi connectivity index (χ3v) is 10.0. The molecule has 10 aromatic rings. The van der Waals surface area contributed by atoms with Gasteiger partial charge in [0.1, 0.15) is 0 Å². The van der Waals surface area contributed by atoms with Crippen LogP contribution in [0.15, 0.2) is 170 Å². The second kappa shape index (κ2) is 9.76. The lowest BCUT2D eigenvalue weighted by Crippen LogP contribution is -1.93. The molecule has 0 fully saturated rings. The van der Waals surface area contributed by atoms with Gasteiger partial charge in [0.2, 0.25) is 0 Å². The highest BCUT2D eigenvalue weighted by Gasteiger charge is 2.21. The number of fused-ring (bicyclic) bond motifs is 11. The summed E-state index contributed by atoms with van der Waals surface area (Å²) in [4.78, 5) is 0. The summed E-state index contributed by atoms with van der Waals surface area (Å²) in [6.07, 6.45) is 0. The molecule has 0 unspecified atom stereocenters. The van der Waals surface area contributed by atoms with Gasteiger partial charge in [-0.2, -0.15) is 0 Å². The molecular weight excluding hydrogens is 553 g/mol. The Bertz CT molecular complexity index is 2790. The summed E-state index contributed by atoms with van der Waals surface area (Å²) in [7, 11) is 0. The summed E-state index contributed by atoms with van der Waals surface area (Å²) in [6, 6.07) is 62.8. The second-order valence-electron chi connectivity index (χ2n) is 12.4. The van der Waals surface area contributed by atoms with E-state index in [4.69, 9.17) is 0 Å². The SMILES string of the molecule is c1ccc2c(-c3c4ccccc4c(-c4cc5c6ccccc6c6ccccc6c5c5ccccc45)c4ccccc34)cccc2c1. The number of hydrogen-bond acceptors (Lipinski definition) is 0. The van der Waals surface area contributed by atoms with E-state index in [2.05, 4.69) is 170 Å². The van der Waals surface area contributed by atoms with Gasteiger partial charge in [-0.25, -0.2) is 0 Å². The van der Waals surface area contributed by atoms with Crippen LogP contribution in [0, 0.1) is 0 Å². The van der Waals surface area contributed by atoms with E-state index < -0.39 is 0 Å². The standard InChI is InChI=1S/C46H28/c1-2-16-30-29(14-1)15-13-27-35(30)44-38-23-9-11-25-40(38)46(41-26-12-10-24-39(41)44)43-28-42-33-19-4-3-17-31(33)32-18-5-7-21-36(32)45(42)37-22-8-6-20-34(37)43/h1-28H. The first-order valence-electron chi connectivity index (χ1n) is 16.0. The predicted molar refractivity (Wildman–Crippen MR) is 200 cm³/mol. The molecule has 0 nitrogen and oxygen atoms in total. The predicted octanol–water partition coefficient (Wildman–Crippen LogP) is 13.1. The van der Waals surface area contributed by atoms with Gasteiger partial charge in [0.15, 0.2) is 0 Å². The summed E-state index contributed by atoms with van der Waals surface area (Å²) < 4.78 is 0. The van der Waals surface area contributed by atoms with Crippen LogP contribution >= 0.6 is 0 Å². The molecule has 212 valence electrons. The van der Waals surface area contributed by atoms with Gasteiger partial charge in [0, 0.05) is 0 Å². The van der Waals surface area contributed by atoms with E-state index in [0.717, 1.165) is 0 Å². The van der Waals surface area contributed by atoms with Crippen LogP contribution < -0.4 is 0 Å². The Balaban J connectivity index is 1.43. The molecule has 0 atom stereocenters. The molecule has 0 amide bonds. The number of rotatable bonds is 2. The Hall–Kier alpha value is -5.98. The van der Waals surface area contributed by atoms with Gasteiger partial charge < -0.3 is 0 Å². The molecule has 0 radical (unpaired) electrons. The Morgan fingerprint density at radius 2 is 0.587 bits per heavy atom. The molecule has 0 aliphatic carbocycles. The Labute approximate surface area is 266 Å². The van der Waals surface area contributed by atoms with Crippen molar-refractivity contribution in [1.82, 2.24) is 0 Å². The summed E-state index contributed by atoms with van der Waals surface area (Å²) in [5.41, 5.74) is 5.15. The van der Waals surface area contributed by atoms with Crippen molar-refractivity contribution in [3.8, 4) is 22.3 Å². The van der Waals surface area contributed by atoms with E-state index in [9.17, 15) is 0 Å². The summed E-state index contributed by atoms with van der Waals surface area (Å²) in [5, 5.41) is 18.1. The van der Waals surface area contributed by atoms with Crippen LogP contribution in [0.2, 0.25) is 0 Å². The lowest BCUT2D eigenvalue weighted by atomic mass is 9.82. The first-order valence-corrected chi connectivity index (χ1v) is 16.0. The third kappa shape index (κ3) is 3.50. The van der Waals surface area contributed by atoms with Crippen LogP contribution in [0.1, 0.15) is 0 Å². The van der Waals surface area contributed by atoms with E-state index in [1.54, 1.807) is 0 Å². The molecule has 10 aromatic carbocycles. The first kappa shape index (κ1) is 25.4. The van der Waals surface area contributed by atoms with Crippen LogP contribution in [0.5, 0.6) is 0 Å². The minimum absolute atomic E-state index is 1.26. The van der Waals surface area contributed by atoms with E-state index in [1.807, 2.05) is 0 Å². The summed E-state index contributed by atoms with van der Waals surface area (Å²) in [6.45, 7) is 0.